The molecule has 22 heavy (non-hydrogen) atoms. The number of nitrogens with zero attached hydrogens (tertiary/aromatic N) is 1. The quantitative estimate of drug-likeness (QED) is 0.800. The molecule has 120 valence electrons. The number of rotatable bonds is 3. The third-order valence-corrected chi connectivity index (χ3v) is 5.40. The van der Waals surface area contributed by atoms with Crippen molar-refractivity contribution in [2.45, 2.75) is 64.1 Å². The van der Waals surface area contributed by atoms with Crippen LogP contribution >= 0.6 is 0 Å². The van der Waals surface area contributed by atoms with Crippen LogP contribution in [0.4, 0.5) is 0 Å². The van der Waals surface area contributed by atoms with Crippen LogP contribution < -0.4 is 0 Å². The van der Waals surface area contributed by atoms with Crippen molar-refractivity contribution in [2.75, 3.05) is 7.05 Å². The molecule has 0 aromatic heterocycles. The van der Waals surface area contributed by atoms with Crippen molar-refractivity contribution in [3.63, 3.8) is 0 Å². The largest absolute Gasteiger partial charge is 0.463 e. The van der Waals surface area contributed by atoms with Crippen molar-refractivity contribution in [3.8, 4) is 0 Å². The summed E-state index contributed by atoms with van der Waals surface area (Å²) in [7, 11) is 2.17. The van der Waals surface area contributed by atoms with E-state index in [4.69, 9.17) is 4.74 Å². The van der Waals surface area contributed by atoms with E-state index in [9.17, 15) is 4.79 Å². The third kappa shape index (κ3) is 2.79. The van der Waals surface area contributed by atoms with Gasteiger partial charge < -0.3 is 4.74 Å². The SMILES string of the molecule is Cc1ccc([C@H]2C[C@H]3CCC([C@H]2C(=O)OC(C)C)N3C)cc1. The van der Waals surface area contributed by atoms with Gasteiger partial charge in [-0.1, -0.05) is 29.8 Å². The summed E-state index contributed by atoms with van der Waals surface area (Å²) in [6.07, 6.45) is 3.33. The Kier molecular flexibility index (Phi) is 4.26. The normalized spacial score (nSPS) is 31.5. The Bertz CT molecular complexity index is 537. The average molecular weight is 301 g/mol. The van der Waals surface area contributed by atoms with E-state index < -0.39 is 0 Å². The Labute approximate surface area is 133 Å². The lowest BCUT2D eigenvalue weighted by Crippen LogP contribution is -2.49. The fourth-order valence-electron chi connectivity index (χ4n) is 4.26. The zero-order valence-electron chi connectivity index (χ0n) is 14.1. The number of fused-ring (bicyclic) bond motifs is 2. The predicted octanol–water partition coefficient (Wildman–Crippen LogP) is 3.51. The molecule has 3 rings (SSSR count). The van der Waals surface area contributed by atoms with Gasteiger partial charge in [-0.15, -0.1) is 0 Å². The van der Waals surface area contributed by atoms with E-state index in [1.54, 1.807) is 0 Å². The zero-order chi connectivity index (χ0) is 15.9. The van der Waals surface area contributed by atoms with Crippen LogP contribution in [0.25, 0.3) is 0 Å². The van der Waals surface area contributed by atoms with E-state index in [1.807, 2.05) is 13.8 Å². The minimum Gasteiger partial charge on any atom is -0.463 e. The Morgan fingerprint density at radius 2 is 1.91 bits per heavy atom. The fraction of sp³-hybridized carbons (Fsp3) is 0.632. The molecule has 1 aromatic carbocycles. The summed E-state index contributed by atoms with van der Waals surface area (Å²) in [6, 6.07) is 9.64. The van der Waals surface area contributed by atoms with Crippen molar-refractivity contribution in [3.05, 3.63) is 35.4 Å². The van der Waals surface area contributed by atoms with Gasteiger partial charge in [0, 0.05) is 18.0 Å². The van der Waals surface area contributed by atoms with Gasteiger partial charge in [-0.3, -0.25) is 9.69 Å². The monoisotopic (exact) mass is 301 g/mol. The van der Waals surface area contributed by atoms with Crippen molar-refractivity contribution in [2.24, 2.45) is 5.92 Å². The molecule has 2 bridgehead atoms. The smallest absolute Gasteiger partial charge is 0.311 e. The molecule has 2 heterocycles. The molecule has 2 aliphatic rings. The van der Waals surface area contributed by atoms with E-state index >= 15 is 0 Å². The average Bonchev–Trinajstić information content (AvgIpc) is 2.71. The minimum absolute atomic E-state index is 0.0159. The van der Waals surface area contributed by atoms with E-state index in [-0.39, 0.29) is 18.0 Å². The molecule has 0 spiro atoms. The number of hydrogen-bond donors (Lipinski definition) is 0. The molecule has 1 unspecified atom stereocenters. The highest BCUT2D eigenvalue weighted by Crippen LogP contribution is 2.46. The minimum atomic E-state index is -0.0457. The Morgan fingerprint density at radius 1 is 1.23 bits per heavy atom. The molecule has 3 nitrogen and oxygen atoms in total. The van der Waals surface area contributed by atoms with E-state index in [2.05, 4.69) is 43.1 Å². The second kappa shape index (κ2) is 6.04. The summed E-state index contributed by atoms with van der Waals surface area (Å²) in [4.78, 5) is 15.2. The molecule has 2 aliphatic heterocycles. The van der Waals surface area contributed by atoms with Crippen LogP contribution in [0.3, 0.4) is 0 Å². The maximum Gasteiger partial charge on any atom is 0.311 e. The molecule has 3 heteroatoms. The van der Waals surface area contributed by atoms with Gasteiger partial charge >= 0.3 is 5.97 Å². The number of aryl methyl sites for hydroxylation is 1. The summed E-state index contributed by atoms with van der Waals surface area (Å²) >= 11 is 0. The number of piperidine rings is 1. The molecule has 0 aliphatic carbocycles. The van der Waals surface area contributed by atoms with E-state index in [0.29, 0.717) is 18.0 Å². The zero-order valence-corrected chi connectivity index (χ0v) is 14.1. The molecular formula is C19H27NO2. The maximum atomic E-state index is 12.7. The van der Waals surface area contributed by atoms with Gasteiger partial charge in [-0.05, 0) is 52.6 Å². The number of esters is 1. The third-order valence-electron chi connectivity index (χ3n) is 5.40. The number of hydrogen-bond acceptors (Lipinski definition) is 3. The standard InChI is InChI=1S/C19H27NO2/c1-12(2)22-19(21)18-16(14-7-5-13(3)6-8-14)11-15-9-10-17(18)20(15)4/h5-8,12,15-18H,9-11H2,1-4H3/t15-,16-,17?,18+/m1/s1. The Balaban J connectivity index is 1.91. The summed E-state index contributed by atoms with van der Waals surface area (Å²) in [5, 5.41) is 0. The van der Waals surface area contributed by atoms with Gasteiger partial charge in [-0.2, -0.15) is 0 Å². The molecule has 0 N–H and O–H groups in total. The van der Waals surface area contributed by atoms with Crippen LogP contribution in [-0.2, 0) is 9.53 Å². The number of ether oxygens (including phenoxy) is 1. The summed E-state index contributed by atoms with van der Waals surface area (Å²) in [5.74, 6) is 0.243. The maximum absolute atomic E-state index is 12.7. The first-order chi connectivity index (χ1) is 10.5. The van der Waals surface area contributed by atoms with Gasteiger partial charge in [0.25, 0.3) is 0 Å². The second-order valence-corrected chi connectivity index (χ2v) is 7.23. The van der Waals surface area contributed by atoms with Crippen LogP contribution in [0.5, 0.6) is 0 Å². The first-order valence-corrected chi connectivity index (χ1v) is 8.46. The summed E-state index contributed by atoms with van der Waals surface area (Å²) in [6.45, 7) is 5.97. The van der Waals surface area contributed by atoms with Gasteiger partial charge in [0.1, 0.15) is 0 Å². The van der Waals surface area contributed by atoms with Crippen molar-refractivity contribution >= 4 is 5.97 Å². The van der Waals surface area contributed by atoms with Gasteiger partial charge in [0.15, 0.2) is 0 Å². The molecule has 0 radical (unpaired) electrons. The van der Waals surface area contributed by atoms with Crippen LogP contribution in [0, 0.1) is 12.8 Å². The highest BCUT2D eigenvalue weighted by molar-refractivity contribution is 5.75. The van der Waals surface area contributed by atoms with Crippen molar-refractivity contribution < 1.29 is 9.53 Å². The molecule has 0 saturated carbocycles. The van der Waals surface area contributed by atoms with Gasteiger partial charge in [0.2, 0.25) is 0 Å². The van der Waals surface area contributed by atoms with E-state index in [1.165, 1.54) is 17.5 Å². The fourth-order valence-corrected chi connectivity index (χ4v) is 4.26. The van der Waals surface area contributed by atoms with E-state index in [0.717, 1.165) is 12.8 Å². The molecule has 1 aromatic rings. The number of carbonyl (C=O) groups excluding carboxylic acids is 1. The summed E-state index contributed by atoms with van der Waals surface area (Å²) < 4.78 is 5.60. The second-order valence-electron chi connectivity index (χ2n) is 7.23. The van der Waals surface area contributed by atoms with Crippen LogP contribution in [0.1, 0.15) is 50.2 Å². The highest BCUT2D eigenvalue weighted by atomic mass is 16.5. The first kappa shape index (κ1) is 15.5. The number of carbonyl (C=O) groups is 1. The molecule has 0 amide bonds. The molecule has 4 atom stereocenters. The lowest BCUT2D eigenvalue weighted by atomic mass is 9.76. The molecule has 2 fully saturated rings. The Hall–Kier alpha value is -1.35. The molecule has 2 saturated heterocycles. The van der Waals surface area contributed by atoms with Gasteiger partial charge in [-0.25, -0.2) is 0 Å². The first-order valence-electron chi connectivity index (χ1n) is 8.46. The predicted molar refractivity (Wildman–Crippen MR) is 87.8 cm³/mol. The van der Waals surface area contributed by atoms with Crippen molar-refractivity contribution in [1.82, 2.24) is 4.90 Å². The lowest BCUT2D eigenvalue weighted by Gasteiger charge is -2.42. The Morgan fingerprint density at radius 3 is 2.55 bits per heavy atom. The highest BCUT2D eigenvalue weighted by Gasteiger charge is 2.49. The molecular weight excluding hydrogens is 274 g/mol. The van der Waals surface area contributed by atoms with Crippen LogP contribution in [-0.4, -0.2) is 36.1 Å². The van der Waals surface area contributed by atoms with Crippen LogP contribution in [0.15, 0.2) is 24.3 Å². The summed E-state index contributed by atoms with van der Waals surface area (Å²) in [5.41, 5.74) is 2.56. The lowest BCUT2D eigenvalue weighted by molar-refractivity contribution is -0.157. The topological polar surface area (TPSA) is 29.5 Å². The van der Waals surface area contributed by atoms with Crippen molar-refractivity contribution in [1.29, 1.82) is 0 Å². The van der Waals surface area contributed by atoms with Gasteiger partial charge in [0.05, 0.1) is 12.0 Å². The number of benzene rings is 1. The van der Waals surface area contributed by atoms with Crippen LogP contribution in [0.2, 0.25) is 0 Å².